The van der Waals surface area contributed by atoms with Gasteiger partial charge in [0.05, 0.1) is 19.8 Å². The zero-order chi connectivity index (χ0) is 33.8. The Morgan fingerprint density at radius 2 is 1.20 bits per heavy atom. The van der Waals surface area contributed by atoms with Gasteiger partial charge < -0.3 is 20.1 Å². The van der Waals surface area contributed by atoms with Crippen LogP contribution in [0.5, 0.6) is 0 Å². The summed E-state index contributed by atoms with van der Waals surface area (Å²) in [6.45, 7) is 4.79. The first-order chi connectivity index (χ1) is 22.4. The zero-order valence-electron chi connectivity index (χ0n) is 29.6. The highest BCUT2D eigenvalue weighted by Crippen LogP contribution is 2.43. The molecule has 0 aromatic heterocycles. The van der Waals surface area contributed by atoms with E-state index in [1.807, 2.05) is 0 Å². The smallest absolute Gasteiger partial charge is 0.457 e. The van der Waals surface area contributed by atoms with Gasteiger partial charge in [-0.3, -0.25) is 13.8 Å². The fourth-order valence-electron chi connectivity index (χ4n) is 4.79. The van der Waals surface area contributed by atoms with Crippen LogP contribution in [0.25, 0.3) is 0 Å². The van der Waals surface area contributed by atoms with Crippen molar-refractivity contribution >= 4 is 13.8 Å². The van der Waals surface area contributed by atoms with E-state index in [0.29, 0.717) is 13.0 Å². The normalized spacial score (nSPS) is 14.1. The number of esters is 1. The molecule has 0 radical (unpaired) electrons. The first-order valence-corrected chi connectivity index (χ1v) is 20.0. The van der Waals surface area contributed by atoms with Crippen LogP contribution in [-0.2, 0) is 27.9 Å². The minimum absolute atomic E-state index is 0.0964. The van der Waals surface area contributed by atoms with Crippen LogP contribution in [0, 0.1) is 0 Å². The minimum Gasteiger partial charge on any atom is -0.457 e. The number of nitrogens with two attached hydrogens (primary N) is 1. The molecule has 2 unspecified atom stereocenters. The second kappa shape index (κ2) is 35.0. The van der Waals surface area contributed by atoms with Crippen molar-refractivity contribution in [2.75, 3.05) is 33.0 Å². The van der Waals surface area contributed by atoms with E-state index in [4.69, 9.17) is 24.3 Å². The molecule has 0 saturated heterocycles. The van der Waals surface area contributed by atoms with Crippen molar-refractivity contribution < 1.29 is 32.8 Å². The molecule has 8 nitrogen and oxygen atoms in total. The summed E-state index contributed by atoms with van der Waals surface area (Å²) < 4.78 is 33.2. The molecule has 46 heavy (non-hydrogen) atoms. The average molecular weight is 672 g/mol. The maximum Gasteiger partial charge on any atom is 0.472 e. The van der Waals surface area contributed by atoms with Crippen molar-refractivity contribution in [3.8, 4) is 0 Å². The van der Waals surface area contributed by atoms with Crippen LogP contribution in [0.3, 0.4) is 0 Å². The van der Waals surface area contributed by atoms with Crippen molar-refractivity contribution in [2.24, 2.45) is 5.73 Å². The molecule has 0 saturated carbocycles. The molecule has 0 heterocycles. The van der Waals surface area contributed by atoms with E-state index in [9.17, 15) is 14.3 Å². The Morgan fingerprint density at radius 3 is 1.80 bits per heavy atom. The monoisotopic (exact) mass is 671 g/mol. The topological polar surface area (TPSA) is 117 Å². The molecule has 3 N–H and O–H groups in total. The number of phosphoric acid groups is 1. The van der Waals surface area contributed by atoms with Gasteiger partial charge in [0.1, 0.15) is 6.10 Å². The van der Waals surface area contributed by atoms with E-state index in [1.54, 1.807) is 0 Å². The van der Waals surface area contributed by atoms with E-state index in [-0.39, 0.29) is 32.3 Å². The largest absolute Gasteiger partial charge is 0.472 e. The van der Waals surface area contributed by atoms with Gasteiger partial charge in [-0.05, 0) is 64.2 Å². The van der Waals surface area contributed by atoms with Gasteiger partial charge in [0.2, 0.25) is 0 Å². The highest BCUT2D eigenvalue weighted by atomic mass is 31.2. The van der Waals surface area contributed by atoms with Crippen LogP contribution in [0.1, 0.15) is 155 Å². The molecule has 0 aliphatic carbocycles. The summed E-state index contributed by atoms with van der Waals surface area (Å²) in [6.07, 6.45) is 37.3. The maximum absolute atomic E-state index is 12.5. The zero-order valence-corrected chi connectivity index (χ0v) is 30.4. The molecule has 2 atom stereocenters. The van der Waals surface area contributed by atoms with Crippen LogP contribution in [-0.4, -0.2) is 49.9 Å². The van der Waals surface area contributed by atoms with Crippen molar-refractivity contribution in [2.45, 2.75) is 161 Å². The lowest BCUT2D eigenvalue weighted by atomic mass is 10.1. The molecule has 0 aromatic carbocycles. The summed E-state index contributed by atoms with van der Waals surface area (Å²) in [5, 5.41) is 0. The Morgan fingerprint density at radius 1 is 0.652 bits per heavy atom. The highest BCUT2D eigenvalue weighted by molar-refractivity contribution is 7.47. The second-order valence-electron chi connectivity index (χ2n) is 12.1. The molecule has 0 bridgehead atoms. The molecule has 0 amide bonds. The van der Waals surface area contributed by atoms with Crippen LogP contribution >= 0.6 is 7.82 Å². The molecule has 9 heteroatoms. The summed E-state index contributed by atoms with van der Waals surface area (Å²) in [6, 6.07) is 0. The standard InChI is InChI=1S/C37H70NO7P/c1-3-5-7-9-11-13-15-16-17-18-19-20-21-23-25-27-29-32-42-34-36(35-44-46(40,41)43-33-31-38)45-37(39)30-28-26-24-22-14-12-10-8-6-4-2/h8,10,13,15,17-18,36H,3-7,9,11-12,14,16,19-35,38H2,1-2H3,(H,40,41)/b10-8-,15-13-,18-17-. The van der Waals surface area contributed by atoms with Gasteiger partial charge in [-0.1, -0.05) is 121 Å². The molecule has 0 aliphatic heterocycles. The molecular weight excluding hydrogens is 601 g/mol. The Bertz CT molecular complexity index is 803. The lowest BCUT2D eigenvalue weighted by Gasteiger charge is -2.20. The number of hydrogen-bond acceptors (Lipinski definition) is 7. The third-order valence-electron chi connectivity index (χ3n) is 7.51. The molecule has 0 spiro atoms. The summed E-state index contributed by atoms with van der Waals surface area (Å²) >= 11 is 0. The Hall–Kier alpha value is -1.28. The average Bonchev–Trinajstić information content (AvgIpc) is 3.04. The number of hydrogen-bond donors (Lipinski definition) is 2. The fourth-order valence-corrected chi connectivity index (χ4v) is 5.56. The van der Waals surface area contributed by atoms with Crippen LogP contribution in [0.15, 0.2) is 36.5 Å². The van der Waals surface area contributed by atoms with E-state index in [2.05, 4.69) is 50.3 Å². The number of rotatable bonds is 35. The van der Waals surface area contributed by atoms with E-state index < -0.39 is 13.9 Å². The predicted octanol–water partition coefficient (Wildman–Crippen LogP) is 10.3. The van der Waals surface area contributed by atoms with Crippen LogP contribution in [0.4, 0.5) is 0 Å². The molecular formula is C37H70NO7P. The molecule has 0 aliphatic rings. The van der Waals surface area contributed by atoms with Crippen molar-refractivity contribution in [3.05, 3.63) is 36.5 Å². The molecule has 0 rings (SSSR count). The molecule has 0 aromatic rings. The number of unbranched alkanes of at least 4 members (excludes halogenated alkanes) is 16. The van der Waals surface area contributed by atoms with Crippen molar-refractivity contribution in [1.82, 2.24) is 0 Å². The van der Waals surface area contributed by atoms with Gasteiger partial charge >= 0.3 is 13.8 Å². The highest BCUT2D eigenvalue weighted by Gasteiger charge is 2.25. The second-order valence-corrected chi connectivity index (χ2v) is 13.5. The number of carbonyl (C=O) groups is 1. The lowest BCUT2D eigenvalue weighted by molar-refractivity contribution is -0.154. The summed E-state index contributed by atoms with van der Waals surface area (Å²) in [4.78, 5) is 22.3. The summed E-state index contributed by atoms with van der Waals surface area (Å²) in [5.41, 5.74) is 5.34. The van der Waals surface area contributed by atoms with Crippen molar-refractivity contribution in [1.29, 1.82) is 0 Å². The number of allylic oxidation sites excluding steroid dienone is 6. The summed E-state index contributed by atoms with van der Waals surface area (Å²) in [5.74, 6) is -0.348. The van der Waals surface area contributed by atoms with Gasteiger partial charge in [0, 0.05) is 19.6 Å². The molecule has 270 valence electrons. The predicted molar refractivity (Wildman–Crippen MR) is 192 cm³/mol. The van der Waals surface area contributed by atoms with Gasteiger partial charge in [0.15, 0.2) is 0 Å². The Kier molecular flexibility index (Phi) is 34.1. The minimum atomic E-state index is -4.27. The third kappa shape index (κ3) is 34.1. The van der Waals surface area contributed by atoms with Crippen molar-refractivity contribution in [3.63, 3.8) is 0 Å². The molecule has 0 fully saturated rings. The number of phosphoric ester groups is 1. The number of carbonyl (C=O) groups excluding carboxylic acids is 1. The summed E-state index contributed by atoms with van der Waals surface area (Å²) in [7, 11) is -4.27. The fraction of sp³-hybridized carbons (Fsp3) is 0.811. The van der Waals surface area contributed by atoms with Gasteiger partial charge in [-0.15, -0.1) is 0 Å². The Balaban J connectivity index is 4.10. The lowest BCUT2D eigenvalue weighted by Crippen LogP contribution is -2.28. The first kappa shape index (κ1) is 44.7. The maximum atomic E-state index is 12.5. The SMILES string of the molecule is CCC/C=C\CCCCCCCC(=O)OC(COCCCCCCCC/C=C\C/C=C\CCCCCC)COP(=O)(O)OCCN. The van der Waals surface area contributed by atoms with Gasteiger partial charge in [0.25, 0.3) is 0 Å². The quantitative estimate of drug-likeness (QED) is 0.0296. The third-order valence-corrected chi connectivity index (χ3v) is 8.49. The van der Waals surface area contributed by atoms with E-state index in [0.717, 1.165) is 70.6 Å². The van der Waals surface area contributed by atoms with Gasteiger partial charge in [-0.25, -0.2) is 4.57 Å². The van der Waals surface area contributed by atoms with E-state index in [1.165, 1.54) is 64.2 Å². The van der Waals surface area contributed by atoms with E-state index >= 15 is 0 Å². The Labute approximate surface area is 282 Å². The van der Waals surface area contributed by atoms with Crippen LogP contribution in [0.2, 0.25) is 0 Å². The van der Waals surface area contributed by atoms with Crippen LogP contribution < -0.4 is 5.73 Å². The first-order valence-electron chi connectivity index (χ1n) is 18.5. The van der Waals surface area contributed by atoms with Gasteiger partial charge in [-0.2, -0.15) is 0 Å². The number of ether oxygens (including phenoxy) is 2.